The molecule has 31 heavy (non-hydrogen) atoms. The van der Waals surface area contributed by atoms with Gasteiger partial charge in [0.05, 0.1) is 35.2 Å². The summed E-state index contributed by atoms with van der Waals surface area (Å²) in [5.41, 5.74) is 1.92. The number of nitrogens with zero attached hydrogens (tertiary/aromatic N) is 5. The van der Waals surface area contributed by atoms with Crippen molar-refractivity contribution in [1.82, 2.24) is 24.3 Å². The predicted molar refractivity (Wildman–Crippen MR) is 115 cm³/mol. The summed E-state index contributed by atoms with van der Waals surface area (Å²) in [5, 5.41) is 16.9. The molecule has 4 aromatic rings. The van der Waals surface area contributed by atoms with Crippen molar-refractivity contribution in [2.75, 3.05) is 11.9 Å². The average Bonchev–Trinajstić information content (AvgIpc) is 3.17. The molecule has 1 unspecified atom stereocenters. The van der Waals surface area contributed by atoms with Crippen LogP contribution in [0, 0.1) is 5.82 Å². The number of aliphatic hydroxyl groups excluding tert-OH is 1. The summed E-state index contributed by atoms with van der Waals surface area (Å²) in [6.45, 7) is -0.382. The van der Waals surface area contributed by atoms with Crippen LogP contribution in [0.3, 0.4) is 0 Å². The summed E-state index contributed by atoms with van der Waals surface area (Å²) in [5.74, 6) is -0.253. The van der Waals surface area contributed by atoms with Gasteiger partial charge in [-0.05, 0) is 29.8 Å². The molecule has 0 bridgehead atoms. The fraction of sp³-hybridized carbons (Fsp3) is 0.143. The van der Waals surface area contributed by atoms with Gasteiger partial charge in [0, 0.05) is 37.3 Å². The Morgan fingerprint density at radius 2 is 2.10 bits per heavy atom. The van der Waals surface area contributed by atoms with Crippen molar-refractivity contribution in [3.8, 4) is 11.3 Å². The van der Waals surface area contributed by atoms with Crippen LogP contribution in [-0.4, -0.2) is 36.0 Å². The highest BCUT2D eigenvalue weighted by Gasteiger charge is 2.16. The first-order chi connectivity index (χ1) is 14.9. The average molecular weight is 441 g/mol. The molecule has 0 amide bonds. The van der Waals surface area contributed by atoms with E-state index in [2.05, 4.69) is 20.4 Å². The Kier molecular flexibility index (Phi) is 5.79. The topological polar surface area (TPSA) is 97.9 Å². The third-order valence-corrected chi connectivity index (χ3v) is 5.00. The van der Waals surface area contributed by atoms with Crippen molar-refractivity contribution in [2.24, 2.45) is 7.05 Å². The second kappa shape index (κ2) is 8.66. The monoisotopic (exact) mass is 440 g/mol. The molecule has 0 radical (unpaired) electrons. The highest BCUT2D eigenvalue weighted by atomic mass is 35.5. The molecule has 0 aliphatic heterocycles. The maximum atomic E-state index is 13.8. The molecule has 3 heterocycles. The Balaban J connectivity index is 1.63. The van der Waals surface area contributed by atoms with Crippen LogP contribution in [0.5, 0.6) is 0 Å². The highest BCUT2D eigenvalue weighted by Crippen LogP contribution is 2.23. The third-order valence-electron chi connectivity index (χ3n) is 4.70. The van der Waals surface area contributed by atoms with Gasteiger partial charge in [-0.1, -0.05) is 17.7 Å². The van der Waals surface area contributed by atoms with Crippen LogP contribution in [-0.2, 0) is 7.05 Å². The largest absolute Gasteiger partial charge is 0.394 e. The molecule has 8 nitrogen and oxygen atoms in total. The van der Waals surface area contributed by atoms with E-state index in [0.29, 0.717) is 22.8 Å². The van der Waals surface area contributed by atoms with Crippen molar-refractivity contribution in [3.63, 3.8) is 0 Å². The second-order valence-corrected chi connectivity index (χ2v) is 7.23. The molecule has 0 saturated heterocycles. The molecule has 0 saturated carbocycles. The minimum atomic E-state index is -0.749. The molecule has 1 aromatic carbocycles. The molecular formula is C21H18ClFN6O2. The number of anilines is 2. The number of aliphatic hydroxyl groups is 1. The van der Waals surface area contributed by atoms with Gasteiger partial charge in [-0.15, -0.1) is 0 Å². The summed E-state index contributed by atoms with van der Waals surface area (Å²) < 4.78 is 16.8. The summed E-state index contributed by atoms with van der Waals surface area (Å²) in [4.78, 5) is 21.4. The van der Waals surface area contributed by atoms with Gasteiger partial charge in [0.2, 0.25) is 5.95 Å². The minimum absolute atomic E-state index is 0.0254. The van der Waals surface area contributed by atoms with E-state index >= 15 is 0 Å². The SMILES string of the molecule is Cn1cc(Nc2nccc(-c3ccn(C(CO)c4ccc(Cl)c(F)c4)c(=O)c3)n2)cn1. The van der Waals surface area contributed by atoms with Gasteiger partial charge in [-0.25, -0.2) is 14.4 Å². The number of rotatable bonds is 6. The van der Waals surface area contributed by atoms with Gasteiger partial charge >= 0.3 is 0 Å². The van der Waals surface area contributed by atoms with Crippen LogP contribution in [0.1, 0.15) is 11.6 Å². The van der Waals surface area contributed by atoms with Crippen LogP contribution in [0.25, 0.3) is 11.3 Å². The van der Waals surface area contributed by atoms with Crippen LogP contribution in [0.15, 0.2) is 66.0 Å². The Bertz CT molecular complexity index is 1290. The molecule has 0 aliphatic carbocycles. The fourth-order valence-corrected chi connectivity index (χ4v) is 3.29. The van der Waals surface area contributed by atoms with Gasteiger partial charge in [-0.2, -0.15) is 5.10 Å². The first kappa shape index (κ1) is 20.7. The van der Waals surface area contributed by atoms with Crippen molar-refractivity contribution in [3.05, 3.63) is 87.9 Å². The molecular weight excluding hydrogens is 423 g/mol. The Hall–Kier alpha value is -3.56. The first-order valence-corrected chi connectivity index (χ1v) is 9.69. The summed E-state index contributed by atoms with van der Waals surface area (Å²) in [6.07, 6.45) is 6.55. The van der Waals surface area contributed by atoms with Gasteiger partial charge in [0.15, 0.2) is 0 Å². The smallest absolute Gasteiger partial charge is 0.251 e. The number of pyridine rings is 1. The molecule has 158 valence electrons. The number of aromatic nitrogens is 5. The maximum absolute atomic E-state index is 13.8. The van der Waals surface area contributed by atoms with E-state index in [0.717, 1.165) is 5.69 Å². The lowest BCUT2D eigenvalue weighted by Crippen LogP contribution is -2.27. The number of nitrogens with one attached hydrogen (secondary N) is 1. The molecule has 2 N–H and O–H groups in total. The van der Waals surface area contributed by atoms with Crippen molar-refractivity contribution in [2.45, 2.75) is 6.04 Å². The Morgan fingerprint density at radius 1 is 1.26 bits per heavy atom. The number of benzene rings is 1. The lowest BCUT2D eigenvalue weighted by molar-refractivity contribution is 0.247. The van der Waals surface area contributed by atoms with Crippen LogP contribution in [0.4, 0.5) is 16.0 Å². The van der Waals surface area contributed by atoms with E-state index < -0.39 is 11.9 Å². The summed E-state index contributed by atoms with van der Waals surface area (Å²) >= 11 is 5.73. The van der Waals surface area contributed by atoms with Gasteiger partial charge < -0.3 is 15.0 Å². The van der Waals surface area contributed by atoms with Crippen LogP contribution in [0.2, 0.25) is 5.02 Å². The summed E-state index contributed by atoms with van der Waals surface area (Å²) in [7, 11) is 1.80. The van der Waals surface area contributed by atoms with Crippen molar-refractivity contribution in [1.29, 1.82) is 0 Å². The second-order valence-electron chi connectivity index (χ2n) is 6.83. The quantitative estimate of drug-likeness (QED) is 0.478. The Morgan fingerprint density at radius 3 is 2.77 bits per heavy atom. The van der Waals surface area contributed by atoms with Crippen LogP contribution >= 0.6 is 11.6 Å². The Labute approximate surface area is 181 Å². The van der Waals surface area contributed by atoms with Gasteiger partial charge in [-0.3, -0.25) is 9.48 Å². The predicted octanol–water partition coefficient (Wildman–Crippen LogP) is 3.16. The lowest BCUT2D eigenvalue weighted by Gasteiger charge is -2.18. The lowest BCUT2D eigenvalue weighted by atomic mass is 10.1. The summed E-state index contributed by atoms with van der Waals surface area (Å²) in [6, 6.07) is 8.23. The van der Waals surface area contributed by atoms with Crippen molar-refractivity contribution >= 4 is 23.2 Å². The molecule has 0 spiro atoms. The first-order valence-electron chi connectivity index (χ1n) is 9.31. The molecule has 4 rings (SSSR count). The maximum Gasteiger partial charge on any atom is 0.251 e. The fourth-order valence-electron chi connectivity index (χ4n) is 3.17. The number of hydrogen-bond donors (Lipinski definition) is 2. The normalized spacial score (nSPS) is 12.0. The molecule has 1 atom stereocenters. The van der Waals surface area contributed by atoms with E-state index in [1.807, 2.05) is 0 Å². The molecule has 0 fully saturated rings. The number of aryl methyl sites for hydroxylation is 1. The standard InChI is InChI=1S/C21H18ClFN6O2/c1-28-11-15(10-25-28)26-21-24-6-4-18(27-21)13-5-7-29(20(31)9-13)19(12-30)14-2-3-16(22)17(23)8-14/h2-11,19,30H,12H2,1H3,(H,24,26,27). The molecule has 0 aliphatic rings. The van der Waals surface area contributed by atoms with E-state index in [4.69, 9.17) is 11.6 Å². The number of hydrogen-bond acceptors (Lipinski definition) is 6. The zero-order valence-electron chi connectivity index (χ0n) is 16.4. The number of halogens is 2. The van der Waals surface area contributed by atoms with Gasteiger partial charge in [0.1, 0.15) is 5.82 Å². The van der Waals surface area contributed by atoms with Crippen molar-refractivity contribution < 1.29 is 9.50 Å². The van der Waals surface area contributed by atoms with Gasteiger partial charge in [0.25, 0.3) is 5.56 Å². The zero-order valence-corrected chi connectivity index (χ0v) is 17.2. The minimum Gasteiger partial charge on any atom is -0.394 e. The molecule has 10 heteroatoms. The highest BCUT2D eigenvalue weighted by molar-refractivity contribution is 6.30. The third kappa shape index (κ3) is 4.47. The van der Waals surface area contributed by atoms with E-state index in [-0.39, 0.29) is 17.2 Å². The molecule has 3 aromatic heterocycles. The van der Waals surface area contributed by atoms with E-state index in [9.17, 15) is 14.3 Å². The van der Waals surface area contributed by atoms with E-state index in [1.165, 1.54) is 22.8 Å². The van der Waals surface area contributed by atoms with Crippen LogP contribution < -0.4 is 10.9 Å². The van der Waals surface area contributed by atoms with E-state index in [1.54, 1.807) is 54.7 Å². The zero-order chi connectivity index (χ0) is 22.0.